The average molecular weight is 430 g/mol. The van der Waals surface area contributed by atoms with Crippen LogP contribution in [-0.4, -0.2) is 24.5 Å². The molecular weight excluding hydrogens is 402 g/mol. The van der Waals surface area contributed by atoms with E-state index >= 15 is 0 Å². The Morgan fingerprint density at radius 3 is 2.83 bits per heavy atom. The maximum absolute atomic E-state index is 13.1. The van der Waals surface area contributed by atoms with Crippen molar-refractivity contribution < 1.29 is 4.79 Å². The summed E-state index contributed by atoms with van der Waals surface area (Å²) in [5.74, 6) is 1.62. The molecule has 0 unspecified atom stereocenters. The van der Waals surface area contributed by atoms with E-state index < -0.39 is 6.04 Å². The number of rotatable bonds is 9. The molecule has 0 bridgehead atoms. The lowest BCUT2D eigenvalue weighted by Crippen LogP contribution is -2.34. The summed E-state index contributed by atoms with van der Waals surface area (Å²) < 4.78 is 0. The molecule has 0 radical (unpaired) electrons. The van der Waals surface area contributed by atoms with Gasteiger partial charge < -0.3 is 16.0 Å². The van der Waals surface area contributed by atoms with Crippen molar-refractivity contribution >= 4 is 35.0 Å². The number of hydrogen-bond acceptors (Lipinski definition) is 4. The van der Waals surface area contributed by atoms with Crippen LogP contribution in [0.5, 0.6) is 0 Å². The lowest BCUT2D eigenvalue weighted by Gasteiger charge is -2.21. The normalized spacial score (nSPS) is 16.3. The predicted molar refractivity (Wildman–Crippen MR) is 123 cm³/mol. The number of benzene rings is 2. The highest BCUT2D eigenvalue weighted by Gasteiger charge is 2.27. The Morgan fingerprint density at radius 1 is 1.21 bits per heavy atom. The van der Waals surface area contributed by atoms with E-state index in [1.165, 1.54) is 29.5 Å². The summed E-state index contributed by atoms with van der Waals surface area (Å²) in [5, 5.41) is 10.6. The third-order valence-corrected chi connectivity index (χ3v) is 6.47. The molecule has 1 aliphatic carbocycles. The molecule has 1 aliphatic heterocycles. The smallest absolute Gasteiger partial charge is 0.247 e. The van der Waals surface area contributed by atoms with E-state index in [0.29, 0.717) is 17.5 Å². The maximum atomic E-state index is 13.1. The number of amides is 1. The third-order valence-electron chi connectivity index (χ3n) is 5.56. The van der Waals surface area contributed by atoms with Crippen LogP contribution in [0.1, 0.15) is 53.5 Å². The van der Waals surface area contributed by atoms with E-state index in [9.17, 15) is 4.79 Å². The van der Waals surface area contributed by atoms with Gasteiger partial charge >= 0.3 is 0 Å². The van der Waals surface area contributed by atoms with Crippen molar-refractivity contribution in [2.24, 2.45) is 0 Å². The molecule has 4 rings (SSSR count). The molecule has 1 amide bonds. The van der Waals surface area contributed by atoms with Crippen molar-refractivity contribution in [2.45, 2.75) is 44.3 Å². The minimum atomic E-state index is -0.465. The Morgan fingerprint density at radius 2 is 2.03 bits per heavy atom. The van der Waals surface area contributed by atoms with E-state index in [1.807, 2.05) is 12.1 Å². The fourth-order valence-electron chi connectivity index (χ4n) is 3.84. The highest BCUT2D eigenvalue weighted by atomic mass is 35.5. The van der Waals surface area contributed by atoms with E-state index in [4.69, 9.17) is 11.6 Å². The molecule has 1 heterocycles. The Hall–Kier alpha value is -1.69. The van der Waals surface area contributed by atoms with Crippen LogP contribution in [-0.2, 0) is 17.9 Å². The van der Waals surface area contributed by atoms with Gasteiger partial charge in [-0.1, -0.05) is 23.7 Å². The second-order valence-electron chi connectivity index (χ2n) is 7.89. The molecule has 2 aromatic carbocycles. The van der Waals surface area contributed by atoms with E-state index in [1.54, 1.807) is 11.8 Å². The Labute approximate surface area is 182 Å². The lowest BCUT2D eigenvalue weighted by atomic mass is 10.00. The van der Waals surface area contributed by atoms with Crippen LogP contribution in [0, 0.1) is 0 Å². The molecule has 4 nitrogen and oxygen atoms in total. The van der Waals surface area contributed by atoms with Gasteiger partial charge in [-0.05, 0) is 83.7 Å². The highest BCUT2D eigenvalue weighted by Crippen LogP contribution is 2.42. The first kappa shape index (κ1) is 20.6. The summed E-state index contributed by atoms with van der Waals surface area (Å²) in [6.07, 6.45) is 5.46. The van der Waals surface area contributed by atoms with Crippen molar-refractivity contribution in [1.82, 2.24) is 10.6 Å². The second kappa shape index (κ2) is 9.41. The summed E-state index contributed by atoms with van der Waals surface area (Å²) in [6.45, 7) is 2.47. The SMILES string of the molecule is CSCCCNC(=O)[C@H](Nc1ccc2c(c1)CNC2)c1cc(Cl)cc(C2CC2)c1. The number of carbonyl (C=O) groups excluding carboxylic acids is 1. The number of hydrogen-bond donors (Lipinski definition) is 3. The van der Waals surface area contributed by atoms with Crippen LogP contribution in [0.2, 0.25) is 5.02 Å². The topological polar surface area (TPSA) is 53.2 Å². The van der Waals surface area contributed by atoms with Gasteiger partial charge in [0, 0.05) is 30.3 Å². The van der Waals surface area contributed by atoms with Gasteiger partial charge in [0.1, 0.15) is 6.04 Å². The molecule has 2 aliphatic rings. The Bertz CT molecular complexity index is 884. The molecule has 1 fully saturated rings. The summed E-state index contributed by atoms with van der Waals surface area (Å²) in [4.78, 5) is 13.1. The minimum Gasteiger partial charge on any atom is -0.370 e. The predicted octanol–water partition coefficient (Wildman–Crippen LogP) is 4.84. The maximum Gasteiger partial charge on any atom is 0.247 e. The summed E-state index contributed by atoms with van der Waals surface area (Å²) in [7, 11) is 0. The molecule has 0 aromatic heterocycles. The van der Waals surface area contributed by atoms with E-state index in [-0.39, 0.29) is 5.91 Å². The molecule has 29 heavy (non-hydrogen) atoms. The van der Waals surface area contributed by atoms with Crippen molar-refractivity contribution in [3.63, 3.8) is 0 Å². The average Bonchev–Trinajstić information content (AvgIpc) is 3.46. The zero-order valence-electron chi connectivity index (χ0n) is 16.8. The molecule has 154 valence electrons. The molecule has 0 spiro atoms. The van der Waals surface area contributed by atoms with Gasteiger partial charge in [0.05, 0.1) is 0 Å². The fraction of sp³-hybridized carbons (Fsp3) is 0.435. The van der Waals surface area contributed by atoms with Gasteiger partial charge in [0.2, 0.25) is 5.91 Å². The first-order valence-electron chi connectivity index (χ1n) is 10.3. The molecule has 3 N–H and O–H groups in total. The van der Waals surface area contributed by atoms with Gasteiger partial charge in [-0.15, -0.1) is 0 Å². The lowest BCUT2D eigenvalue weighted by molar-refractivity contribution is -0.121. The van der Waals surface area contributed by atoms with E-state index in [0.717, 1.165) is 36.5 Å². The zero-order chi connectivity index (χ0) is 20.2. The monoisotopic (exact) mass is 429 g/mol. The van der Waals surface area contributed by atoms with Crippen molar-refractivity contribution in [3.05, 3.63) is 63.7 Å². The van der Waals surface area contributed by atoms with Crippen LogP contribution >= 0.6 is 23.4 Å². The van der Waals surface area contributed by atoms with Crippen molar-refractivity contribution in [2.75, 3.05) is 23.9 Å². The minimum absolute atomic E-state index is 0.00580. The van der Waals surface area contributed by atoms with Crippen LogP contribution < -0.4 is 16.0 Å². The molecule has 1 saturated carbocycles. The number of anilines is 1. The molecule has 0 saturated heterocycles. The quantitative estimate of drug-likeness (QED) is 0.499. The van der Waals surface area contributed by atoms with Gasteiger partial charge in [0.15, 0.2) is 0 Å². The first-order valence-corrected chi connectivity index (χ1v) is 12.1. The molecule has 6 heteroatoms. The van der Waals surface area contributed by atoms with Gasteiger partial charge in [-0.3, -0.25) is 4.79 Å². The van der Waals surface area contributed by atoms with Crippen LogP contribution in [0.15, 0.2) is 36.4 Å². The molecule has 1 atom stereocenters. The summed E-state index contributed by atoms with van der Waals surface area (Å²) in [5.41, 5.74) is 5.75. The van der Waals surface area contributed by atoms with Gasteiger partial charge in [-0.25, -0.2) is 0 Å². The summed E-state index contributed by atoms with van der Waals surface area (Å²) in [6, 6.07) is 12.0. The number of halogens is 1. The Balaban J connectivity index is 1.57. The van der Waals surface area contributed by atoms with Crippen molar-refractivity contribution in [3.8, 4) is 0 Å². The second-order valence-corrected chi connectivity index (χ2v) is 9.32. The fourth-order valence-corrected chi connectivity index (χ4v) is 4.52. The van der Waals surface area contributed by atoms with Crippen LogP contribution in [0.3, 0.4) is 0 Å². The Kier molecular flexibility index (Phi) is 6.68. The number of nitrogens with one attached hydrogen (secondary N) is 3. The largest absolute Gasteiger partial charge is 0.370 e. The number of fused-ring (bicyclic) bond motifs is 1. The standard InChI is InChI=1S/C23H28ClN3OS/c1-29-8-2-7-26-23(28)22(18-9-17(15-3-4-15)10-20(24)11-18)27-21-6-5-16-13-25-14-19(16)12-21/h5-6,9-12,15,22,25,27H,2-4,7-8,13-14H2,1H3,(H,26,28)/t22-/m1/s1. The van der Waals surface area contributed by atoms with Crippen LogP contribution in [0.4, 0.5) is 5.69 Å². The summed E-state index contributed by atoms with van der Waals surface area (Å²) >= 11 is 8.22. The van der Waals surface area contributed by atoms with Crippen LogP contribution in [0.25, 0.3) is 0 Å². The first-order chi connectivity index (χ1) is 14.1. The number of carbonyl (C=O) groups is 1. The molecular formula is C23H28ClN3OS. The highest BCUT2D eigenvalue weighted by molar-refractivity contribution is 7.98. The van der Waals surface area contributed by atoms with Crippen molar-refractivity contribution in [1.29, 1.82) is 0 Å². The molecule has 2 aromatic rings. The van der Waals surface area contributed by atoms with E-state index in [2.05, 4.69) is 46.5 Å². The number of thioether (sulfide) groups is 1. The third kappa shape index (κ3) is 5.27. The zero-order valence-corrected chi connectivity index (χ0v) is 18.3. The van der Waals surface area contributed by atoms with Gasteiger partial charge in [0.25, 0.3) is 0 Å². The van der Waals surface area contributed by atoms with Gasteiger partial charge in [-0.2, -0.15) is 11.8 Å².